The summed E-state index contributed by atoms with van der Waals surface area (Å²) in [5, 5.41) is 5.88. The third-order valence-electron chi connectivity index (χ3n) is 3.27. The van der Waals surface area contributed by atoms with Crippen LogP contribution in [0.4, 0.5) is 27.1 Å². The van der Waals surface area contributed by atoms with Crippen molar-refractivity contribution in [2.75, 3.05) is 16.4 Å². The zero-order chi connectivity index (χ0) is 14.1. The summed E-state index contributed by atoms with van der Waals surface area (Å²) in [6.45, 7) is 0. The van der Waals surface area contributed by atoms with Gasteiger partial charge in [0.2, 0.25) is 5.91 Å². The molecule has 3 rings (SSSR count). The van der Waals surface area contributed by atoms with Crippen LogP contribution in [0.5, 0.6) is 0 Å². The monoisotopic (exact) mass is 271 g/mol. The number of nitrogens with two attached hydrogens (primary N) is 1. The molecule has 2 aromatic carbocycles. The minimum atomic E-state index is -0.320. The highest BCUT2D eigenvalue weighted by atomic mass is 19.1. The molecule has 0 saturated heterocycles. The van der Waals surface area contributed by atoms with E-state index in [9.17, 15) is 9.18 Å². The van der Waals surface area contributed by atoms with E-state index >= 15 is 0 Å². The SMILES string of the molecule is Nc1cc2c(cc1Nc1cccc(F)c1)NC(=O)CC2. The lowest BCUT2D eigenvalue weighted by molar-refractivity contribution is -0.116. The second kappa shape index (κ2) is 4.85. The number of benzene rings is 2. The number of hydrogen-bond acceptors (Lipinski definition) is 3. The van der Waals surface area contributed by atoms with Gasteiger partial charge in [0.15, 0.2) is 0 Å². The number of carbonyl (C=O) groups is 1. The molecular formula is C15H14FN3O. The number of amides is 1. The predicted molar refractivity (Wildman–Crippen MR) is 77.5 cm³/mol. The quantitative estimate of drug-likeness (QED) is 0.735. The molecule has 1 aliphatic rings. The number of fused-ring (bicyclic) bond motifs is 1. The first-order chi connectivity index (χ1) is 9.61. The number of halogens is 1. The van der Waals surface area contributed by atoms with E-state index in [1.807, 2.05) is 6.07 Å². The zero-order valence-corrected chi connectivity index (χ0v) is 10.7. The van der Waals surface area contributed by atoms with Crippen LogP contribution in [0, 0.1) is 5.82 Å². The zero-order valence-electron chi connectivity index (χ0n) is 10.7. The van der Waals surface area contributed by atoms with Crippen LogP contribution in [0.1, 0.15) is 12.0 Å². The molecule has 0 aliphatic carbocycles. The number of rotatable bonds is 2. The number of anilines is 4. The number of aryl methyl sites for hydroxylation is 1. The molecule has 0 radical (unpaired) electrons. The number of carbonyl (C=O) groups excluding carboxylic acids is 1. The third kappa shape index (κ3) is 2.42. The second-order valence-electron chi connectivity index (χ2n) is 4.78. The van der Waals surface area contributed by atoms with Crippen LogP contribution in [0.2, 0.25) is 0 Å². The maximum atomic E-state index is 13.2. The Bertz CT molecular complexity index is 685. The average Bonchev–Trinajstić information content (AvgIpc) is 2.40. The van der Waals surface area contributed by atoms with E-state index in [1.54, 1.807) is 18.2 Å². The topological polar surface area (TPSA) is 67.2 Å². The van der Waals surface area contributed by atoms with Crippen molar-refractivity contribution in [2.24, 2.45) is 0 Å². The Hall–Kier alpha value is -2.56. The molecule has 20 heavy (non-hydrogen) atoms. The van der Waals surface area contributed by atoms with Gasteiger partial charge in [-0.05, 0) is 42.3 Å². The van der Waals surface area contributed by atoms with Gasteiger partial charge in [0.05, 0.1) is 11.4 Å². The summed E-state index contributed by atoms with van der Waals surface area (Å²) in [4.78, 5) is 11.4. The standard InChI is InChI=1S/C15H14FN3O/c16-10-2-1-3-11(7-10)18-14-8-13-9(6-12(14)17)4-5-15(20)19-13/h1-3,6-8,18H,4-5,17H2,(H,19,20). The predicted octanol–water partition coefficient (Wildman–Crippen LogP) is 3.04. The third-order valence-corrected chi connectivity index (χ3v) is 3.27. The molecule has 0 unspecified atom stereocenters. The second-order valence-corrected chi connectivity index (χ2v) is 4.78. The highest BCUT2D eigenvalue weighted by Crippen LogP contribution is 2.32. The van der Waals surface area contributed by atoms with Gasteiger partial charge in [0.1, 0.15) is 5.82 Å². The lowest BCUT2D eigenvalue weighted by Gasteiger charge is -2.19. The molecule has 1 aliphatic heterocycles. The van der Waals surface area contributed by atoms with Crippen LogP contribution >= 0.6 is 0 Å². The summed E-state index contributed by atoms with van der Waals surface area (Å²) in [5.41, 5.74) is 9.61. The first-order valence-corrected chi connectivity index (χ1v) is 6.36. The molecule has 0 spiro atoms. The number of hydrogen-bond donors (Lipinski definition) is 3. The van der Waals surface area contributed by atoms with Gasteiger partial charge in [-0.3, -0.25) is 4.79 Å². The summed E-state index contributed by atoms with van der Waals surface area (Å²) in [6, 6.07) is 9.76. The summed E-state index contributed by atoms with van der Waals surface area (Å²) in [7, 11) is 0. The molecule has 0 aromatic heterocycles. The van der Waals surface area contributed by atoms with Crippen molar-refractivity contribution in [3.8, 4) is 0 Å². The van der Waals surface area contributed by atoms with Gasteiger partial charge in [-0.1, -0.05) is 6.07 Å². The lowest BCUT2D eigenvalue weighted by Crippen LogP contribution is -2.19. The van der Waals surface area contributed by atoms with Crippen molar-refractivity contribution in [3.63, 3.8) is 0 Å². The average molecular weight is 271 g/mol. The number of nitrogens with one attached hydrogen (secondary N) is 2. The maximum absolute atomic E-state index is 13.2. The lowest BCUT2D eigenvalue weighted by atomic mass is 10.0. The van der Waals surface area contributed by atoms with Gasteiger partial charge in [0.25, 0.3) is 0 Å². The molecule has 102 valence electrons. The maximum Gasteiger partial charge on any atom is 0.224 e. The highest BCUT2D eigenvalue weighted by molar-refractivity contribution is 5.96. The molecule has 2 aromatic rings. The molecular weight excluding hydrogens is 257 g/mol. The fourth-order valence-electron chi connectivity index (χ4n) is 2.28. The van der Waals surface area contributed by atoms with E-state index in [2.05, 4.69) is 10.6 Å². The molecule has 4 nitrogen and oxygen atoms in total. The normalized spacial score (nSPS) is 13.6. The molecule has 1 heterocycles. The Morgan fingerprint density at radius 3 is 2.85 bits per heavy atom. The fourth-order valence-corrected chi connectivity index (χ4v) is 2.28. The molecule has 0 bridgehead atoms. The Kier molecular flexibility index (Phi) is 3.02. The largest absolute Gasteiger partial charge is 0.397 e. The minimum Gasteiger partial charge on any atom is -0.397 e. The van der Waals surface area contributed by atoms with Crippen molar-refractivity contribution in [3.05, 3.63) is 47.8 Å². The van der Waals surface area contributed by atoms with E-state index in [-0.39, 0.29) is 11.7 Å². The van der Waals surface area contributed by atoms with E-state index in [1.165, 1.54) is 12.1 Å². The van der Waals surface area contributed by atoms with Crippen molar-refractivity contribution >= 4 is 28.7 Å². The van der Waals surface area contributed by atoms with Gasteiger partial charge in [-0.15, -0.1) is 0 Å². The van der Waals surface area contributed by atoms with Crippen molar-refractivity contribution in [1.82, 2.24) is 0 Å². The van der Waals surface area contributed by atoms with E-state index in [0.717, 1.165) is 11.3 Å². The number of nitrogen functional groups attached to an aromatic ring is 1. The van der Waals surface area contributed by atoms with E-state index in [0.29, 0.717) is 29.9 Å². The molecule has 0 atom stereocenters. The first-order valence-electron chi connectivity index (χ1n) is 6.36. The van der Waals surface area contributed by atoms with Gasteiger partial charge in [0, 0.05) is 17.8 Å². The summed E-state index contributed by atoms with van der Waals surface area (Å²) in [5.74, 6) is -0.321. The van der Waals surface area contributed by atoms with Crippen LogP contribution in [0.15, 0.2) is 36.4 Å². The van der Waals surface area contributed by atoms with Crippen molar-refractivity contribution < 1.29 is 9.18 Å². The smallest absolute Gasteiger partial charge is 0.224 e. The van der Waals surface area contributed by atoms with Crippen LogP contribution in [-0.4, -0.2) is 5.91 Å². The Balaban J connectivity index is 1.94. The molecule has 0 saturated carbocycles. The molecule has 1 amide bonds. The van der Waals surface area contributed by atoms with Gasteiger partial charge < -0.3 is 16.4 Å². The first kappa shape index (κ1) is 12.5. The molecule has 5 heteroatoms. The van der Waals surface area contributed by atoms with E-state index in [4.69, 9.17) is 5.73 Å². The van der Waals surface area contributed by atoms with Crippen LogP contribution < -0.4 is 16.4 Å². The van der Waals surface area contributed by atoms with Crippen LogP contribution in [0.25, 0.3) is 0 Å². The molecule has 4 N–H and O–H groups in total. The summed E-state index contributed by atoms with van der Waals surface area (Å²) >= 11 is 0. The summed E-state index contributed by atoms with van der Waals surface area (Å²) in [6.07, 6.45) is 1.16. The molecule has 0 fully saturated rings. The highest BCUT2D eigenvalue weighted by Gasteiger charge is 2.16. The fraction of sp³-hybridized carbons (Fsp3) is 0.133. The van der Waals surface area contributed by atoms with Crippen molar-refractivity contribution in [2.45, 2.75) is 12.8 Å². The summed E-state index contributed by atoms with van der Waals surface area (Å²) < 4.78 is 13.2. The minimum absolute atomic E-state index is 0.000947. The van der Waals surface area contributed by atoms with Gasteiger partial charge in [-0.2, -0.15) is 0 Å². The van der Waals surface area contributed by atoms with E-state index < -0.39 is 0 Å². The Morgan fingerprint density at radius 2 is 2.05 bits per heavy atom. The Labute approximate surface area is 115 Å². The van der Waals surface area contributed by atoms with Gasteiger partial charge >= 0.3 is 0 Å². The van der Waals surface area contributed by atoms with Crippen LogP contribution in [-0.2, 0) is 11.2 Å². The Morgan fingerprint density at radius 1 is 1.20 bits per heavy atom. The van der Waals surface area contributed by atoms with Crippen molar-refractivity contribution in [1.29, 1.82) is 0 Å². The van der Waals surface area contributed by atoms with Gasteiger partial charge in [-0.25, -0.2) is 4.39 Å². The van der Waals surface area contributed by atoms with Crippen LogP contribution in [0.3, 0.4) is 0 Å².